The number of carbonyl (C=O) groups is 1. The average molecular weight is 377 g/mol. The molecule has 27 heavy (non-hydrogen) atoms. The Kier molecular flexibility index (Phi) is 5.85. The first-order valence-corrected chi connectivity index (χ1v) is 9.00. The Morgan fingerprint density at radius 3 is 2.33 bits per heavy atom. The number of benzene rings is 2. The molecule has 0 saturated carbocycles. The molecular weight excluding hydrogens is 355 g/mol. The molecule has 1 aliphatic rings. The van der Waals surface area contributed by atoms with E-state index in [1.165, 1.54) is 12.1 Å². The second-order valence-corrected chi connectivity index (χ2v) is 7.08. The first kappa shape index (κ1) is 19.4. The van der Waals surface area contributed by atoms with Gasteiger partial charge in [-0.2, -0.15) is 13.2 Å². The lowest BCUT2D eigenvalue weighted by Gasteiger charge is -2.39. The van der Waals surface area contributed by atoms with Gasteiger partial charge in [0.2, 0.25) is 0 Å². The Morgan fingerprint density at radius 1 is 1.07 bits per heavy atom. The Balaban J connectivity index is 1.83. The number of aliphatic carboxylic acids is 1. The number of carboxylic acid groups (broad SMARTS) is 1. The van der Waals surface area contributed by atoms with Gasteiger partial charge in [0.05, 0.1) is 5.56 Å². The number of hydrogen-bond donors (Lipinski definition) is 1. The summed E-state index contributed by atoms with van der Waals surface area (Å²) in [5.41, 5.74) is 1.26. The van der Waals surface area contributed by atoms with Gasteiger partial charge in [0.1, 0.15) is 0 Å². The highest BCUT2D eigenvalue weighted by atomic mass is 19.4. The summed E-state index contributed by atoms with van der Waals surface area (Å²) >= 11 is 0. The van der Waals surface area contributed by atoms with Gasteiger partial charge in [-0.3, -0.25) is 9.69 Å². The number of hydrogen-bond acceptors (Lipinski definition) is 2. The Morgan fingerprint density at radius 2 is 1.74 bits per heavy atom. The van der Waals surface area contributed by atoms with Gasteiger partial charge in [0, 0.05) is 19.0 Å². The summed E-state index contributed by atoms with van der Waals surface area (Å²) in [6.45, 7) is 1.41. The van der Waals surface area contributed by atoms with Crippen LogP contribution in [0.4, 0.5) is 13.2 Å². The molecule has 2 aromatic rings. The fraction of sp³-hybridized carbons (Fsp3) is 0.381. The SMILES string of the molecule is O=C(O)C[C@@H]1CCN(Cc2ccccc2)[C@H](c2ccc(C(F)(F)F)cc2)C1. The molecule has 0 bridgehead atoms. The van der Waals surface area contributed by atoms with Crippen molar-refractivity contribution in [2.24, 2.45) is 5.92 Å². The Labute approximate surface area is 156 Å². The van der Waals surface area contributed by atoms with E-state index in [1.54, 1.807) is 0 Å². The van der Waals surface area contributed by atoms with Crippen molar-refractivity contribution in [3.8, 4) is 0 Å². The average Bonchev–Trinajstić information content (AvgIpc) is 2.63. The maximum absolute atomic E-state index is 12.9. The van der Waals surface area contributed by atoms with Crippen molar-refractivity contribution < 1.29 is 23.1 Å². The van der Waals surface area contributed by atoms with Crippen molar-refractivity contribution in [3.63, 3.8) is 0 Å². The number of carboxylic acids is 1. The molecule has 1 heterocycles. The lowest BCUT2D eigenvalue weighted by Crippen LogP contribution is -2.37. The zero-order valence-electron chi connectivity index (χ0n) is 14.8. The van der Waals surface area contributed by atoms with Crippen LogP contribution in [0.3, 0.4) is 0 Å². The normalized spacial score (nSPS) is 21.1. The molecule has 0 aliphatic carbocycles. The monoisotopic (exact) mass is 377 g/mol. The van der Waals surface area contributed by atoms with E-state index in [0.717, 1.165) is 36.2 Å². The molecule has 6 heteroatoms. The fourth-order valence-corrected chi connectivity index (χ4v) is 3.77. The highest BCUT2D eigenvalue weighted by molar-refractivity contribution is 5.67. The van der Waals surface area contributed by atoms with Crippen LogP contribution in [0.25, 0.3) is 0 Å². The van der Waals surface area contributed by atoms with Crippen LogP contribution in [0, 0.1) is 5.92 Å². The van der Waals surface area contributed by atoms with E-state index in [-0.39, 0.29) is 18.4 Å². The smallest absolute Gasteiger partial charge is 0.416 e. The number of rotatable bonds is 5. The molecule has 0 aromatic heterocycles. The first-order valence-electron chi connectivity index (χ1n) is 9.00. The minimum atomic E-state index is -4.36. The van der Waals surface area contributed by atoms with Gasteiger partial charge < -0.3 is 5.11 Å². The predicted octanol–water partition coefficient (Wildman–Crippen LogP) is 5.13. The molecule has 3 nitrogen and oxygen atoms in total. The van der Waals surface area contributed by atoms with Crippen molar-refractivity contribution in [1.29, 1.82) is 0 Å². The third-order valence-electron chi connectivity index (χ3n) is 5.14. The van der Waals surface area contributed by atoms with Crippen LogP contribution in [0.5, 0.6) is 0 Å². The van der Waals surface area contributed by atoms with Gasteiger partial charge in [0.25, 0.3) is 0 Å². The third kappa shape index (κ3) is 5.10. The molecule has 3 rings (SSSR count). The molecule has 1 aliphatic heterocycles. The summed E-state index contributed by atoms with van der Waals surface area (Å²) in [4.78, 5) is 13.3. The summed E-state index contributed by atoms with van der Waals surface area (Å²) in [5.74, 6) is -0.801. The summed E-state index contributed by atoms with van der Waals surface area (Å²) in [6.07, 6.45) is -2.86. The van der Waals surface area contributed by atoms with Crippen LogP contribution in [0.1, 0.15) is 42.0 Å². The van der Waals surface area contributed by atoms with Crippen molar-refractivity contribution in [3.05, 3.63) is 71.3 Å². The molecule has 1 fully saturated rings. The largest absolute Gasteiger partial charge is 0.481 e. The predicted molar refractivity (Wildman–Crippen MR) is 96.0 cm³/mol. The topological polar surface area (TPSA) is 40.5 Å². The fourth-order valence-electron chi connectivity index (χ4n) is 3.77. The molecule has 2 aromatic carbocycles. The summed E-state index contributed by atoms with van der Waals surface area (Å²) in [6, 6.07) is 15.1. The minimum absolute atomic E-state index is 0.0295. The van der Waals surface area contributed by atoms with Crippen LogP contribution in [-0.4, -0.2) is 22.5 Å². The highest BCUT2D eigenvalue weighted by Crippen LogP contribution is 2.38. The molecular formula is C21H22F3NO2. The Hall–Kier alpha value is -2.34. The lowest BCUT2D eigenvalue weighted by molar-refractivity contribution is -0.139. The number of piperidine rings is 1. The quantitative estimate of drug-likeness (QED) is 0.785. The van der Waals surface area contributed by atoms with Gasteiger partial charge in [0.15, 0.2) is 0 Å². The second-order valence-electron chi connectivity index (χ2n) is 7.08. The van der Waals surface area contributed by atoms with Gasteiger partial charge in [-0.1, -0.05) is 42.5 Å². The molecule has 0 radical (unpaired) electrons. The number of alkyl halides is 3. The first-order chi connectivity index (χ1) is 12.8. The maximum Gasteiger partial charge on any atom is 0.416 e. The molecule has 1 saturated heterocycles. The maximum atomic E-state index is 12.9. The van der Waals surface area contributed by atoms with E-state index < -0.39 is 17.7 Å². The number of likely N-dealkylation sites (tertiary alicyclic amines) is 1. The molecule has 1 N–H and O–H groups in total. The van der Waals surface area contributed by atoms with Crippen LogP contribution in [0.2, 0.25) is 0 Å². The van der Waals surface area contributed by atoms with Gasteiger partial charge in [-0.05, 0) is 48.6 Å². The number of halogens is 3. The lowest BCUT2D eigenvalue weighted by atomic mass is 9.84. The Bertz CT molecular complexity index is 759. The van der Waals surface area contributed by atoms with E-state index >= 15 is 0 Å². The summed E-state index contributed by atoms with van der Waals surface area (Å²) < 4.78 is 38.6. The van der Waals surface area contributed by atoms with Crippen molar-refractivity contribution in [2.75, 3.05) is 6.54 Å². The van der Waals surface area contributed by atoms with Crippen LogP contribution < -0.4 is 0 Å². The van der Waals surface area contributed by atoms with Crippen LogP contribution in [-0.2, 0) is 17.5 Å². The van der Waals surface area contributed by atoms with Crippen molar-refractivity contribution in [1.82, 2.24) is 4.90 Å². The van der Waals surface area contributed by atoms with E-state index in [4.69, 9.17) is 5.11 Å². The summed E-state index contributed by atoms with van der Waals surface area (Å²) in [5, 5.41) is 9.11. The van der Waals surface area contributed by atoms with E-state index in [9.17, 15) is 18.0 Å². The van der Waals surface area contributed by atoms with Crippen molar-refractivity contribution >= 4 is 5.97 Å². The molecule has 2 atom stereocenters. The van der Waals surface area contributed by atoms with Crippen LogP contribution in [0.15, 0.2) is 54.6 Å². The highest BCUT2D eigenvalue weighted by Gasteiger charge is 2.33. The minimum Gasteiger partial charge on any atom is -0.481 e. The van der Waals surface area contributed by atoms with Crippen molar-refractivity contribution in [2.45, 2.75) is 38.0 Å². The standard InChI is InChI=1S/C21H22F3NO2/c22-21(23,24)18-8-6-17(7-9-18)19-12-16(13-20(26)27)10-11-25(19)14-15-4-2-1-3-5-15/h1-9,16,19H,10-14H2,(H,26,27)/t16-,19+/m1/s1. The van der Waals surface area contributed by atoms with E-state index in [2.05, 4.69) is 4.90 Å². The van der Waals surface area contributed by atoms with E-state index in [1.807, 2.05) is 30.3 Å². The zero-order chi connectivity index (χ0) is 19.4. The van der Waals surface area contributed by atoms with Crippen LogP contribution >= 0.6 is 0 Å². The number of nitrogens with zero attached hydrogens (tertiary/aromatic N) is 1. The molecule has 0 amide bonds. The molecule has 0 unspecified atom stereocenters. The zero-order valence-corrected chi connectivity index (χ0v) is 14.8. The molecule has 0 spiro atoms. The van der Waals surface area contributed by atoms with Gasteiger partial charge >= 0.3 is 12.1 Å². The second kappa shape index (κ2) is 8.13. The molecule has 144 valence electrons. The van der Waals surface area contributed by atoms with E-state index in [0.29, 0.717) is 13.0 Å². The third-order valence-corrected chi connectivity index (χ3v) is 5.14. The van der Waals surface area contributed by atoms with Gasteiger partial charge in [-0.25, -0.2) is 0 Å². The summed E-state index contributed by atoms with van der Waals surface area (Å²) in [7, 11) is 0. The van der Waals surface area contributed by atoms with Gasteiger partial charge in [-0.15, -0.1) is 0 Å².